The summed E-state index contributed by atoms with van der Waals surface area (Å²) in [6.07, 6.45) is 4.43. The highest BCUT2D eigenvalue weighted by Crippen LogP contribution is 2.44. The lowest BCUT2D eigenvalue weighted by Gasteiger charge is -2.27. The average Bonchev–Trinajstić information content (AvgIpc) is 3.54. The normalized spacial score (nSPS) is 14.5. The number of nitrogens with zero attached hydrogens (tertiary/aromatic N) is 5. The maximum atomic E-state index is 13.1. The number of anilines is 1. The standard InChI is InChI=1S/C26H23BrN6O4S/c1-36-26(35)30-25-29-19-6-5-17-21(16-3-2-8-28-14-16)31-33(22(17)23(19)38-25)20-7-4-15(13-18(20)27)24(34)32-9-11-37-12-10-32/h2-4,7-8,13-14H,5-6,9-12H2,1H3,(H,29,30,35). The fourth-order valence-electron chi connectivity index (χ4n) is 4.73. The number of methoxy groups -OCH3 is 1. The van der Waals surface area contributed by atoms with Gasteiger partial charge in [0.25, 0.3) is 5.91 Å². The van der Waals surface area contributed by atoms with Crippen LogP contribution in [0.2, 0.25) is 0 Å². The van der Waals surface area contributed by atoms with Crippen molar-refractivity contribution >= 4 is 44.4 Å². The first kappa shape index (κ1) is 24.7. The Bertz CT molecular complexity index is 1530. The number of fused-ring (bicyclic) bond motifs is 3. The Labute approximate surface area is 230 Å². The van der Waals surface area contributed by atoms with Gasteiger partial charge in [0.05, 0.1) is 48.0 Å². The molecule has 10 nitrogen and oxygen atoms in total. The van der Waals surface area contributed by atoms with Crippen molar-refractivity contribution in [2.45, 2.75) is 12.8 Å². The Morgan fingerprint density at radius 2 is 2.03 bits per heavy atom. The van der Waals surface area contributed by atoms with Crippen molar-refractivity contribution in [3.63, 3.8) is 0 Å². The molecule has 0 bridgehead atoms. The van der Waals surface area contributed by atoms with E-state index >= 15 is 0 Å². The summed E-state index contributed by atoms with van der Waals surface area (Å²) in [6.45, 7) is 2.25. The Morgan fingerprint density at radius 1 is 1.18 bits per heavy atom. The molecule has 0 saturated carbocycles. The Hall–Kier alpha value is -3.61. The van der Waals surface area contributed by atoms with Gasteiger partial charge < -0.3 is 14.4 Å². The summed E-state index contributed by atoms with van der Waals surface area (Å²) >= 11 is 5.09. The van der Waals surface area contributed by atoms with Crippen molar-refractivity contribution in [2.75, 3.05) is 38.7 Å². The van der Waals surface area contributed by atoms with E-state index in [1.165, 1.54) is 18.4 Å². The van der Waals surface area contributed by atoms with Gasteiger partial charge >= 0.3 is 6.09 Å². The summed E-state index contributed by atoms with van der Waals surface area (Å²) in [5, 5.41) is 8.20. The molecule has 6 rings (SSSR count). The summed E-state index contributed by atoms with van der Waals surface area (Å²) in [4.78, 5) is 36.6. The Morgan fingerprint density at radius 3 is 2.76 bits per heavy atom. The average molecular weight is 595 g/mol. The van der Waals surface area contributed by atoms with E-state index in [0.29, 0.717) is 37.0 Å². The van der Waals surface area contributed by atoms with Gasteiger partial charge in [0.1, 0.15) is 0 Å². The first-order valence-corrected chi connectivity index (χ1v) is 13.7. The number of hydrogen-bond acceptors (Lipinski definition) is 8. The number of amides is 2. The lowest BCUT2D eigenvalue weighted by Crippen LogP contribution is -2.40. The number of hydrogen-bond donors (Lipinski definition) is 1. The molecule has 12 heteroatoms. The largest absolute Gasteiger partial charge is 0.453 e. The molecular weight excluding hydrogens is 572 g/mol. The molecule has 1 saturated heterocycles. The second kappa shape index (κ2) is 10.3. The van der Waals surface area contributed by atoms with Gasteiger partial charge in [-0.1, -0.05) is 11.3 Å². The topological polar surface area (TPSA) is 111 Å². The highest BCUT2D eigenvalue weighted by atomic mass is 79.9. The number of aryl methyl sites for hydroxylation is 1. The number of aromatic nitrogens is 4. The van der Waals surface area contributed by atoms with Crippen molar-refractivity contribution in [3.05, 3.63) is 64.0 Å². The van der Waals surface area contributed by atoms with Gasteiger partial charge in [-0.15, -0.1) is 0 Å². The van der Waals surface area contributed by atoms with E-state index in [1.807, 2.05) is 35.0 Å². The first-order chi connectivity index (χ1) is 18.5. The van der Waals surface area contributed by atoms with Crippen molar-refractivity contribution in [1.29, 1.82) is 0 Å². The third-order valence-electron chi connectivity index (χ3n) is 6.56. The van der Waals surface area contributed by atoms with Gasteiger partial charge in [-0.2, -0.15) is 5.10 Å². The molecule has 0 atom stereocenters. The molecule has 4 aromatic rings. The Balaban J connectivity index is 1.46. The number of rotatable bonds is 4. The summed E-state index contributed by atoms with van der Waals surface area (Å²) in [6, 6.07) is 9.45. The minimum atomic E-state index is -0.566. The van der Waals surface area contributed by atoms with Gasteiger partial charge in [-0.3, -0.25) is 15.1 Å². The van der Waals surface area contributed by atoms with Crippen LogP contribution in [0.15, 0.2) is 47.2 Å². The molecule has 1 aliphatic carbocycles. The van der Waals surface area contributed by atoms with Crippen molar-refractivity contribution < 1.29 is 19.1 Å². The third kappa shape index (κ3) is 4.48. The van der Waals surface area contributed by atoms with Crippen LogP contribution < -0.4 is 5.32 Å². The molecule has 0 radical (unpaired) electrons. The van der Waals surface area contributed by atoms with Gasteiger partial charge in [-0.25, -0.2) is 14.5 Å². The fourth-order valence-corrected chi connectivity index (χ4v) is 6.33. The molecule has 4 heterocycles. The smallest absolute Gasteiger partial charge is 0.413 e. The molecule has 1 N–H and O–H groups in total. The van der Waals surface area contributed by atoms with Gasteiger partial charge in [0, 0.05) is 46.6 Å². The zero-order chi connectivity index (χ0) is 26.2. The number of morpholine rings is 1. The van der Waals surface area contributed by atoms with Crippen molar-refractivity contribution in [3.8, 4) is 27.5 Å². The van der Waals surface area contributed by atoms with E-state index in [9.17, 15) is 9.59 Å². The molecule has 1 aliphatic heterocycles. The molecule has 3 aromatic heterocycles. The number of thiazole rings is 1. The summed E-state index contributed by atoms with van der Waals surface area (Å²) < 4.78 is 12.8. The summed E-state index contributed by atoms with van der Waals surface area (Å²) in [5.74, 6) is -0.0256. The van der Waals surface area contributed by atoms with E-state index < -0.39 is 6.09 Å². The lowest BCUT2D eigenvalue weighted by molar-refractivity contribution is 0.0303. The van der Waals surface area contributed by atoms with Crippen molar-refractivity contribution in [1.82, 2.24) is 24.6 Å². The van der Waals surface area contributed by atoms with Crippen LogP contribution in [0.4, 0.5) is 9.93 Å². The zero-order valence-corrected chi connectivity index (χ0v) is 22.8. The first-order valence-electron chi connectivity index (χ1n) is 12.1. The SMILES string of the molecule is COC(=O)Nc1nc2c(s1)-c1c(c(-c3cccnc3)nn1-c1ccc(C(=O)N3CCOCC3)cc1Br)CC2. The van der Waals surface area contributed by atoms with Crippen LogP contribution in [0.1, 0.15) is 21.6 Å². The summed E-state index contributed by atoms with van der Waals surface area (Å²) in [7, 11) is 1.32. The lowest BCUT2D eigenvalue weighted by atomic mass is 9.95. The zero-order valence-electron chi connectivity index (χ0n) is 20.4. The molecular formula is C26H23BrN6O4S. The Kier molecular flexibility index (Phi) is 6.68. The number of pyridine rings is 1. The minimum absolute atomic E-state index is 0.0256. The highest BCUT2D eigenvalue weighted by molar-refractivity contribution is 9.10. The molecule has 1 fully saturated rings. The molecule has 2 aliphatic rings. The molecule has 38 heavy (non-hydrogen) atoms. The highest BCUT2D eigenvalue weighted by Gasteiger charge is 2.31. The maximum Gasteiger partial charge on any atom is 0.413 e. The van der Waals surface area contributed by atoms with Crippen LogP contribution >= 0.6 is 27.3 Å². The van der Waals surface area contributed by atoms with Crippen LogP contribution in [0, 0.1) is 0 Å². The molecule has 194 valence electrons. The predicted molar refractivity (Wildman–Crippen MR) is 146 cm³/mol. The van der Waals surface area contributed by atoms with E-state index in [0.717, 1.165) is 56.1 Å². The van der Waals surface area contributed by atoms with Crippen LogP contribution in [-0.2, 0) is 22.3 Å². The van der Waals surface area contributed by atoms with Crippen molar-refractivity contribution in [2.24, 2.45) is 0 Å². The second-order valence-corrected chi connectivity index (χ2v) is 10.7. The van der Waals surface area contributed by atoms with Crippen LogP contribution in [0.3, 0.4) is 0 Å². The van der Waals surface area contributed by atoms with Crippen LogP contribution in [0.5, 0.6) is 0 Å². The van der Waals surface area contributed by atoms with E-state index in [-0.39, 0.29) is 5.91 Å². The molecule has 0 spiro atoms. The number of halogens is 1. The number of carbonyl (C=O) groups is 2. The molecule has 0 unspecified atom stereocenters. The molecule has 1 aromatic carbocycles. The number of benzene rings is 1. The third-order valence-corrected chi connectivity index (χ3v) is 8.21. The predicted octanol–water partition coefficient (Wildman–Crippen LogP) is 4.57. The number of carbonyl (C=O) groups excluding carboxylic acids is 2. The van der Waals surface area contributed by atoms with E-state index in [2.05, 4.69) is 31.2 Å². The quantitative estimate of drug-likeness (QED) is 0.368. The van der Waals surface area contributed by atoms with E-state index in [1.54, 1.807) is 17.3 Å². The summed E-state index contributed by atoms with van der Waals surface area (Å²) in [5.41, 5.74) is 6.03. The second-order valence-electron chi connectivity index (χ2n) is 8.81. The van der Waals surface area contributed by atoms with Gasteiger partial charge in [0.2, 0.25) is 0 Å². The van der Waals surface area contributed by atoms with Crippen LogP contribution in [0.25, 0.3) is 27.5 Å². The monoisotopic (exact) mass is 594 g/mol. The van der Waals surface area contributed by atoms with Crippen LogP contribution in [-0.4, -0.2) is 70.1 Å². The number of ether oxygens (including phenoxy) is 2. The van der Waals surface area contributed by atoms with Gasteiger partial charge in [-0.05, 0) is 59.1 Å². The van der Waals surface area contributed by atoms with Gasteiger partial charge in [0.15, 0.2) is 5.13 Å². The molecule has 2 amide bonds. The maximum absolute atomic E-state index is 13.1. The number of nitrogens with one attached hydrogen (secondary N) is 1. The fraction of sp³-hybridized carbons (Fsp3) is 0.269. The van der Waals surface area contributed by atoms with E-state index in [4.69, 9.17) is 14.6 Å². The minimum Gasteiger partial charge on any atom is -0.453 e.